The Morgan fingerprint density at radius 2 is 2.07 bits per heavy atom. The van der Waals surface area contributed by atoms with Gasteiger partial charge in [0.25, 0.3) is 11.2 Å². The number of aromatic nitrogens is 2. The van der Waals surface area contributed by atoms with Crippen molar-refractivity contribution in [3.05, 3.63) is 74.3 Å². The van der Waals surface area contributed by atoms with Crippen molar-refractivity contribution in [2.75, 3.05) is 6.61 Å². The lowest BCUT2D eigenvalue weighted by Gasteiger charge is -2.03. The summed E-state index contributed by atoms with van der Waals surface area (Å²) in [6, 6.07) is 10.7. The van der Waals surface area contributed by atoms with Crippen LogP contribution in [0.2, 0.25) is 0 Å². The van der Waals surface area contributed by atoms with Crippen molar-refractivity contribution in [3.63, 3.8) is 0 Å². The second kappa shape index (κ2) is 8.08. The Morgan fingerprint density at radius 3 is 2.75 bits per heavy atom. The van der Waals surface area contributed by atoms with Crippen molar-refractivity contribution in [1.29, 1.82) is 0 Å². The van der Waals surface area contributed by atoms with Gasteiger partial charge in [0.1, 0.15) is 5.75 Å². The number of nitrogens with zero attached hydrogens (tertiary/aromatic N) is 3. The number of hydrogen-bond donors (Lipinski definition) is 2. The summed E-state index contributed by atoms with van der Waals surface area (Å²) >= 11 is 0. The van der Waals surface area contributed by atoms with E-state index in [-0.39, 0.29) is 22.4 Å². The van der Waals surface area contributed by atoms with E-state index in [4.69, 9.17) is 4.74 Å². The molecule has 28 heavy (non-hydrogen) atoms. The van der Waals surface area contributed by atoms with Gasteiger partial charge in [-0.15, -0.1) is 0 Å². The van der Waals surface area contributed by atoms with Crippen molar-refractivity contribution in [2.24, 2.45) is 5.10 Å². The van der Waals surface area contributed by atoms with Crippen LogP contribution in [0.1, 0.15) is 23.1 Å². The maximum atomic E-state index is 12.2. The van der Waals surface area contributed by atoms with Gasteiger partial charge in [-0.2, -0.15) is 5.10 Å². The quantitative estimate of drug-likeness (QED) is 0.380. The summed E-state index contributed by atoms with van der Waals surface area (Å²) in [5.74, 6) is -0.253. The molecule has 2 N–H and O–H groups in total. The van der Waals surface area contributed by atoms with Crippen LogP contribution in [0.5, 0.6) is 5.75 Å². The van der Waals surface area contributed by atoms with Crippen LogP contribution in [0.3, 0.4) is 0 Å². The minimum atomic E-state index is -0.723. The number of rotatable bonds is 6. The molecule has 0 spiro atoms. The van der Waals surface area contributed by atoms with E-state index in [0.29, 0.717) is 6.61 Å². The van der Waals surface area contributed by atoms with Gasteiger partial charge in [-0.1, -0.05) is 0 Å². The van der Waals surface area contributed by atoms with Crippen LogP contribution < -0.4 is 15.7 Å². The second-order valence-electron chi connectivity index (χ2n) is 5.57. The van der Waals surface area contributed by atoms with Crippen LogP contribution in [0.15, 0.2) is 52.4 Å². The minimum absolute atomic E-state index is 0.0173. The molecular formula is C18H15N5O5. The fourth-order valence-corrected chi connectivity index (χ4v) is 2.38. The number of H-pyrrole nitrogens is 1. The normalized spacial score (nSPS) is 10.9. The monoisotopic (exact) mass is 381 g/mol. The van der Waals surface area contributed by atoms with Crippen molar-refractivity contribution in [3.8, 4) is 5.75 Å². The van der Waals surface area contributed by atoms with Crippen LogP contribution in [0, 0.1) is 10.1 Å². The summed E-state index contributed by atoms with van der Waals surface area (Å²) in [5, 5.41) is 14.6. The number of nitro groups is 1. The molecule has 0 unspecified atom stereocenters. The maximum absolute atomic E-state index is 12.2. The average Bonchev–Trinajstić information content (AvgIpc) is 2.69. The Kier molecular flexibility index (Phi) is 5.40. The molecule has 0 saturated carbocycles. The van der Waals surface area contributed by atoms with Gasteiger partial charge in [0, 0.05) is 12.1 Å². The van der Waals surface area contributed by atoms with Gasteiger partial charge in [-0.25, -0.2) is 10.4 Å². The first kappa shape index (κ1) is 18.7. The van der Waals surface area contributed by atoms with E-state index in [9.17, 15) is 19.7 Å². The van der Waals surface area contributed by atoms with Crippen molar-refractivity contribution < 1.29 is 14.5 Å². The van der Waals surface area contributed by atoms with Crippen molar-refractivity contribution in [2.45, 2.75) is 6.92 Å². The van der Waals surface area contributed by atoms with Crippen LogP contribution >= 0.6 is 0 Å². The highest BCUT2D eigenvalue weighted by atomic mass is 16.6. The van der Waals surface area contributed by atoms with Gasteiger partial charge in [-0.3, -0.25) is 19.7 Å². The summed E-state index contributed by atoms with van der Waals surface area (Å²) in [4.78, 5) is 40.8. The number of ether oxygens (including phenoxy) is 1. The molecule has 0 saturated heterocycles. The lowest BCUT2D eigenvalue weighted by atomic mass is 10.2. The lowest BCUT2D eigenvalue weighted by molar-refractivity contribution is -0.384. The smallest absolute Gasteiger partial charge is 0.307 e. The van der Waals surface area contributed by atoms with Gasteiger partial charge < -0.3 is 9.72 Å². The molecule has 1 aromatic heterocycles. The van der Waals surface area contributed by atoms with E-state index in [2.05, 4.69) is 20.5 Å². The highest BCUT2D eigenvalue weighted by Crippen LogP contribution is 2.16. The average molecular weight is 381 g/mol. The number of nitro benzene ring substituents is 1. The number of aromatic amines is 1. The van der Waals surface area contributed by atoms with E-state index in [1.165, 1.54) is 18.3 Å². The molecule has 1 heterocycles. The molecule has 0 fully saturated rings. The number of carbonyl (C=O) groups excluding carboxylic acids is 1. The highest BCUT2D eigenvalue weighted by molar-refractivity contribution is 5.93. The molecule has 0 aliphatic rings. The second-order valence-corrected chi connectivity index (χ2v) is 5.57. The Bertz CT molecular complexity index is 1120. The van der Waals surface area contributed by atoms with Crippen molar-refractivity contribution >= 4 is 28.7 Å². The Labute approximate surface area is 158 Å². The highest BCUT2D eigenvalue weighted by Gasteiger charge is 2.14. The molecule has 0 aliphatic carbocycles. The molecule has 0 radical (unpaired) electrons. The summed E-state index contributed by atoms with van der Waals surface area (Å²) < 4.78 is 5.33. The van der Waals surface area contributed by atoms with Crippen LogP contribution in [-0.2, 0) is 0 Å². The molecular weight excluding hydrogens is 366 g/mol. The Hall–Kier alpha value is -4.08. The number of carbonyl (C=O) groups is 1. The molecule has 142 valence electrons. The van der Waals surface area contributed by atoms with Gasteiger partial charge in [0.2, 0.25) is 5.82 Å². The third-order valence-electron chi connectivity index (χ3n) is 3.69. The molecule has 3 rings (SSSR count). The molecule has 10 nitrogen and oxygen atoms in total. The van der Waals surface area contributed by atoms with E-state index >= 15 is 0 Å². The summed E-state index contributed by atoms with van der Waals surface area (Å²) in [6.07, 6.45) is 1.43. The van der Waals surface area contributed by atoms with E-state index in [0.717, 1.165) is 17.4 Å². The zero-order valence-corrected chi connectivity index (χ0v) is 14.7. The van der Waals surface area contributed by atoms with Gasteiger partial charge in [-0.05, 0) is 42.8 Å². The minimum Gasteiger partial charge on any atom is -0.494 e. The fourth-order valence-electron chi connectivity index (χ4n) is 2.38. The third-order valence-corrected chi connectivity index (χ3v) is 3.69. The predicted molar refractivity (Wildman–Crippen MR) is 102 cm³/mol. The number of amides is 1. The van der Waals surface area contributed by atoms with Crippen LogP contribution in [-0.4, -0.2) is 33.6 Å². The van der Waals surface area contributed by atoms with Gasteiger partial charge in [0.15, 0.2) is 0 Å². The first-order chi connectivity index (χ1) is 13.5. The SMILES string of the molecule is CCOc1ccc(C=NNC(=O)c2nc3ccc([N+](=O)[O-])cc3c(=O)[nH]2)cc1. The fraction of sp³-hybridized carbons (Fsp3) is 0.111. The van der Waals surface area contributed by atoms with Crippen LogP contribution in [0.25, 0.3) is 10.9 Å². The van der Waals surface area contributed by atoms with Gasteiger partial charge in [0.05, 0.1) is 28.6 Å². The standard InChI is InChI=1S/C18H15N5O5/c1-2-28-13-6-3-11(4-7-13)10-19-22-18(25)16-20-15-8-5-12(23(26)27)9-14(15)17(24)21-16/h3-10H,2H2,1H3,(H,22,25)(H,20,21,24). The number of benzene rings is 2. The molecule has 0 aliphatic heterocycles. The molecule has 2 aromatic carbocycles. The third kappa shape index (κ3) is 4.18. The first-order valence-corrected chi connectivity index (χ1v) is 8.22. The molecule has 1 amide bonds. The zero-order chi connectivity index (χ0) is 20.1. The molecule has 0 bridgehead atoms. The Balaban J connectivity index is 1.75. The van der Waals surface area contributed by atoms with Crippen molar-refractivity contribution in [1.82, 2.24) is 15.4 Å². The number of hydrazone groups is 1. The molecule has 10 heteroatoms. The number of hydrogen-bond acceptors (Lipinski definition) is 7. The first-order valence-electron chi connectivity index (χ1n) is 8.22. The molecule has 0 atom stereocenters. The summed E-state index contributed by atoms with van der Waals surface area (Å²) in [7, 11) is 0. The molecule has 3 aromatic rings. The summed E-state index contributed by atoms with van der Waals surface area (Å²) in [5.41, 5.74) is 2.26. The predicted octanol–water partition coefficient (Wildman–Crippen LogP) is 1.99. The summed E-state index contributed by atoms with van der Waals surface area (Å²) in [6.45, 7) is 2.45. The number of non-ortho nitro benzene ring substituents is 1. The maximum Gasteiger partial charge on any atom is 0.307 e. The largest absolute Gasteiger partial charge is 0.494 e. The van der Waals surface area contributed by atoms with E-state index < -0.39 is 16.4 Å². The van der Waals surface area contributed by atoms with Gasteiger partial charge >= 0.3 is 5.91 Å². The number of nitrogens with one attached hydrogen (secondary N) is 2. The topological polar surface area (TPSA) is 140 Å². The van der Waals surface area contributed by atoms with E-state index in [1.54, 1.807) is 24.3 Å². The van der Waals surface area contributed by atoms with Crippen LogP contribution in [0.4, 0.5) is 5.69 Å². The lowest BCUT2D eigenvalue weighted by Crippen LogP contribution is -2.24. The van der Waals surface area contributed by atoms with E-state index in [1.807, 2.05) is 6.92 Å². The zero-order valence-electron chi connectivity index (χ0n) is 14.7. The Morgan fingerprint density at radius 1 is 1.32 bits per heavy atom. The number of fused-ring (bicyclic) bond motifs is 1.